The van der Waals surface area contributed by atoms with Crippen molar-refractivity contribution in [1.82, 2.24) is 4.98 Å². The van der Waals surface area contributed by atoms with Gasteiger partial charge in [-0.2, -0.15) is 0 Å². The molecule has 0 aliphatic heterocycles. The van der Waals surface area contributed by atoms with Gasteiger partial charge in [0.2, 0.25) is 0 Å². The molecule has 0 bridgehead atoms. The number of aromatic nitrogens is 1. The summed E-state index contributed by atoms with van der Waals surface area (Å²) >= 11 is 0. The summed E-state index contributed by atoms with van der Waals surface area (Å²) in [6.07, 6.45) is 0. The Kier molecular flexibility index (Phi) is 4.48. The standard InChI is InChI=1S/C13H22N2O2/c1-5-15(9-13(3,4)17)12-7-11(8-16)6-10(2)14-12/h6-7,16-17H,5,8-9H2,1-4H3. The van der Waals surface area contributed by atoms with Crippen LogP contribution in [0.3, 0.4) is 0 Å². The van der Waals surface area contributed by atoms with Crippen LogP contribution in [0.2, 0.25) is 0 Å². The van der Waals surface area contributed by atoms with E-state index in [4.69, 9.17) is 0 Å². The molecule has 0 aliphatic carbocycles. The maximum absolute atomic E-state index is 9.86. The van der Waals surface area contributed by atoms with Crippen molar-refractivity contribution in [1.29, 1.82) is 0 Å². The molecule has 1 rings (SSSR count). The van der Waals surface area contributed by atoms with Gasteiger partial charge < -0.3 is 15.1 Å². The van der Waals surface area contributed by atoms with Crippen LogP contribution in [0.5, 0.6) is 0 Å². The van der Waals surface area contributed by atoms with Gasteiger partial charge in [-0.1, -0.05) is 0 Å². The Morgan fingerprint density at radius 2 is 2.00 bits per heavy atom. The second-order valence-corrected chi connectivity index (χ2v) is 4.96. The molecule has 96 valence electrons. The van der Waals surface area contributed by atoms with E-state index >= 15 is 0 Å². The average molecular weight is 238 g/mol. The fourth-order valence-electron chi connectivity index (χ4n) is 1.80. The number of rotatable bonds is 5. The first-order valence-corrected chi connectivity index (χ1v) is 5.91. The van der Waals surface area contributed by atoms with E-state index in [1.165, 1.54) is 0 Å². The first-order valence-electron chi connectivity index (χ1n) is 5.91. The first-order chi connectivity index (χ1) is 7.85. The highest BCUT2D eigenvalue weighted by Gasteiger charge is 2.18. The van der Waals surface area contributed by atoms with Gasteiger partial charge in [-0.3, -0.25) is 0 Å². The monoisotopic (exact) mass is 238 g/mol. The summed E-state index contributed by atoms with van der Waals surface area (Å²) < 4.78 is 0. The lowest BCUT2D eigenvalue weighted by Crippen LogP contribution is -2.39. The molecule has 1 aromatic rings. The maximum atomic E-state index is 9.86. The lowest BCUT2D eigenvalue weighted by molar-refractivity contribution is 0.0874. The van der Waals surface area contributed by atoms with E-state index in [0.29, 0.717) is 6.54 Å². The van der Waals surface area contributed by atoms with Crippen molar-refractivity contribution in [2.45, 2.75) is 39.9 Å². The fraction of sp³-hybridized carbons (Fsp3) is 0.615. The molecule has 4 heteroatoms. The van der Waals surface area contributed by atoms with E-state index in [-0.39, 0.29) is 6.61 Å². The second kappa shape index (κ2) is 5.47. The molecular formula is C13H22N2O2. The SMILES string of the molecule is CCN(CC(C)(C)O)c1cc(CO)cc(C)n1. The molecule has 4 nitrogen and oxygen atoms in total. The van der Waals surface area contributed by atoms with Crippen LogP contribution < -0.4 is 4.90 Å². The Balaban J connectivity index is 2.99. The van der Waals surface area contributed by atoms with Crippen LogP contribution in [0.4, 0.5) is 5.82 Å². The molecule has 0 saturated carbocycles. The summed E-state index contributed by atoms with van der Waals surface area (Å²) in [6, 6.07) is 3.73. The molecular weight excluding hydrogens is 216 g/mol. The van der Waals surface area contributed by atoms with Crippen LogP contribution in [0, 0.1) is 6.92 Å². The van der Waals surface area contributed by atoms with Gasteiger partial charge in [0.25, 0.3) is 0 Å². The van der Waals surface area contributed by atoms with Crippen molar-refractivity contribution in [2.24, 2.45) is 0 Å². The fourth-order valence-corrected chi connectivity index (χ4v) is 1.80. The lowest BCUT2D eigenvalue weighted by atomic mass is 10.1. The molecule has 0 unspecified atom stereocenters. The molecule has 0 amide bonds. The highest BCUT2D eigenvalue weighted by Crippen LogP contribution is 2.17. The van der Waals surface area contributed by atoms with E-state index < -0.39 is 5.60 Å². The molecule has 1 aromatic heterocycles. The number of hydrogen-bond donors (Lipinski definition) is 2. The number of pyridine rings is 1. The summed E-state index contributed by atoms with van der Waals surface area (Å²) in [4.78, 5) is 6.45. The van der Waals surface area contributed by atoms with Crippen molar-refractivity contribution in [2.75, 3.05) is 18.0 Å². The zero-order valence-electron chi connectivity index (χ0n) is 11.1. The zero-order chi connectivity index (χ0) is 13.1. The summed E-state index contributed by atoms with van der Waals surface area (Å²) in [7, 11) is 0. The van der Waals surface area contributed by atoms with E-state index in [9.17, 15) is 10.2 Å². The smallest absolute Gasteiger partial charge is 0.129 e. The third-order valence-corrected chi connectivity index (χ3v) is 2.47. The number of aliphatic hydroxyl groups excluding tert-OH is 1. The molecule has 0 atom stereocenters. The normalized spacial score (nSPS) is 11.6. The van der Waals surface area contributed by atoms with Crippen molar-refractivity contribution >= 4 is 5.82 Å². The Morgan fingerprint density at radius 3 is 2.47 bits per heavy atom. The van der Waals surface area contributed by atoms with E-state index in [2.05, 4.69) is 4.98 Å². The summed E-state index contributed by atoms with van der Waals surface area (Å²) in [5.74, 6) is 0.804. The van der Waals surface area contributed by atoms with Gasteiger partial charge in [-0.25, -0.2) is 4.98 Å². The molecule has 0 fully saturated rings. The van der Waals surface area contributed by atoms with Crippen LogP contribution in [-0.2, 0) is 6.61 Å². The summed E-state index contributed by atoms with van der Waals surface area (Å²) in [6.45, 7) is 8.78. The minimum Gasteiger partial charge on any atom is -0.392 e. The minimum atomic E-state index is -0.763. The number of hydrogen-bond acceptors (Lipinski definition) is 4. The third-order valence-electron chi connectivity index (χ3n) is 2.47. The van der Waals surface area contributed by atoms with Crippen molar-refractivity contribution in [3.05, 3.63) is 23.4 Å². The lowest BCUT2D eigenvalue weighted by Gasteiger charge is -2.29. The number of likely N-dealkylation sites (N-methyl/N-ethyl adjacent to an activating group) is 1. The Labute approximate surface area is 103 Å². The molecule has 0 aromatic carbocycles. The summed E-state index contributed by atoms with van der Waals surface area (Å²) in [5, 5.41) is 19.0. The molecule has 17 heavy (non-hydrogen) atoms. The Hall–Kier alpha value is -1.13. The Bertz CT molecular complexity index is 372. The molecule has 0 aliphatic rings. The van der Waals surface area contributed by atoms with Gasteiger partial charge >= 0.3 is 0 Å². The van der Waals surface area contributed by atoms with Crippen LogP contribution >= 0.6 is 0 Å². The highest BCUT2D eigenvalue weighted by molar-refractivity contribution is 5.42. The second-order valence-electron chi connectivity index (χ2n) is 4.96. The van der Waals surface area contributed by atoms with Crippen LogP contribution in [0.15, 0.2) is 12.1 Å². The molecule has 0 saturated heterocycles. The molecule has 2 N–H and O–H groups in total. The molecule has 1 heterocycles. The number of anilines is 1. The van der Waals surface area contributed by atoms with Gasteiger partial charge in [0.1, 0.15) is 5.82 Å². The van der Waals surface area contributed by atoms with Crippen LogP contribution in [0.1, 0.15) is 32.0 Å². The quantitative estimate of drug-likeness (QED) is 0.816. The number of aliphatic hydroxyl groups is 2. The van der Waals surface area contributed by atoms with Crippen molar-refractivity contribution in [3.8, 4) is 0 Å². The largest absolute Gasteiger partial charge is 0.392 e. The predicted octanol–water partition coefficient (Wildman–Crippen LogP) is 1.48. The maximum Gasteiger partial charge on any atom is 0.129 e. The molecule has 0 spiro atoms. The van der Waals surface area contributed by atoms with Gasteiger partial charge in [0.05, 0.1) is 12.2 Å². The third kappa shape index (κ3) is 4.32. The number of aryl methyl sites for hydroxylation is 1. The van der Waals surface area contributed by atoms with Gasteiger partial charge in [-0.15, -0.1) is 0 Å². The number of nitrogens with zero attached hydrogens (tertiary/aromatic N) is 2. The van der Waals surface area contributed by atoms with Crippen molar-refractivity contribution in [3.63, 3.8) is 0 Å². The van der Waals surface area contributed by atoms with Crippen LogP contribution in [-0.4, -0.2) is 33.9 Å². The zero-order valence-corrected chi connectivity index (χ0v) is 11.1. The topological polar surface area (TPSA) is 56.6 Å². The van der Waals surface area contributed by atoms with Crippen molar-refractivity contribution < 1.29 is 10.2 Å². The van der Waals surface area contributed by atoms with E-state index in [1.54, 1.807) is 13.8 Å². The minimum absolute atomic E-state index is 0.0103. The first kappa shape index (κ1) is 13.9. The van der Waals surface area contributed by atoms with Gasteiger partial charge in [0, 0.05) is 18.8 Å². The highest BCUT2D eigenvalue weighted by atomic mass is 16.3. The average Bonchev–Trinajstić information content (AvgIpc) is 2.23. The van der Waals surface area contributed by atoms with Crippen LogP contribution in [0.25, 0.3) is 0 Å². The Morgan fingerprint density at radius 1 is 1.35 bits per heavy atom. The van der Waals surface area contributed by atoms with Gasteiger partial charge in [-0.05, 0) is 45.4 Å². The van der Waals surface area contributed by atoms with E-state index in [0.717, 1.165) is 23.6 Å². The predicted molar refractivity (Wildman–Crippen MR) is 69.1 cm³/mol. The summed E-state index contributed by atoms with van der Waals surface area (Å²) in [5.41, 5.74) is 0.961. The molecule has 0 radical (unpaired) electrons. The van der Waals surface area contributed by atoms with Gasteiger partial charge in [0.15, 0.2) is 0 Å². The van der Waals surface area contributed by atoms with E-state index in [1.807, 2.05) is 30.9 Å².